The number of likely N-dealkylation sites (tertiary alicyclic amines) is 1. The van der Waals surface area contributed by atoms with Crippen LogP contribution in [0.3, 0.4) is 0 Å². The van der Waals surface area contributed by atoms with Crippen LogP contribution in [0.15, 0.2) is 66.5 Å². The van der Waals surface area contributed by atoms with Crippen LogP contribution in [-0.2, 0) is 11.3 Å². The average molecular weight is 624 g/mol. The van der Waals surface area contributed by atoms with Crippen LogP contribution in [0.2, 0.25) is 0 Å². The number of aromatic nitrogens is 4. The maximum Gasteiger partial charge on any atom is 0.264 e. The normalized spacial score (nSPS) is 18.2. The maximum absolute atomic E-state index is 15.6. The fourth-order valence-electron chi connectivity index (χ4n) is 6.34. The molecule has 2 saturated heterocycles. The number of benzene rings is 2. The van der Waals surface area contributed by atoms with Crippen molar-refractivity contribution in [2.45, 2.75) is 44.8 Å². The number of nitriles is 1. The molecule has 46 heavy (non-hydrogen) atoms. The molecular weight excluding hydrogens is 585 g/mol. The Morgan fingerprint density at radius 1 is 1.11 bits per heavy atom. The van der Waals surface area contributed by atoms with E-state index in [4.69, 9.17) is 15.6 Å². The first-order valence-electron chi connectivity index (χ1n) is 15.5. The molecular formula is C34H38FN9O2. The van der Waals surface area contributed by atoms with Gasteiger partial charge >= 0.3 is 0 Å². The Morgan fingerprint density at radius 3 is 2.59 bits per heavy atom. The van der Waals surface area contributed by atoms with E-state index in [1.807, 2.05) is 32.0 Å². The molecule has 2 aromatic carbocycles. The SMILES string of the molecule is CN1CCN(C(C)(C)C=C(C#N)C(=O)N2CCC[C@@H]2Cn2nc(-c3ccc(Oc4ccccc4)cc3F)c3c(N)ncnc32)CC1. The molecule has 2 aliphatic rings. The van der Waals surface area contributed by atoms with Crippen molar-refractivity contribution in [2.24, 2.45) is 0 Å². The zero-order valence-electron chi connectivity index (χ0n) is 26.4. The third kappa shape index (κ3) is 6.29. The summed E-state index contributed by atoms with van der Waals surface area (Å²) in [6.07, 6.45) is 4.67. The van der Waals surface area contributed by atoms with E-state index >= 15 is 4.39 Å². The number of amides is 1. The number of para-hydroxylation sites is 1. The second-order valence-corrected chi connectivity index (χ2v) is 12.5. The van der Waals surface area contributed by atoms with Crippen molar-refractivity contribution in [3.8, 4) is 28.8 Å². The lowest BCUT2D eigenvalue weighted by Gasteiger charge is -2.42. The second kappa shape index (κ2) is 12.9. The lowest BCUT2D eigenvalue weighted by atomic mass is 9.97. The van der Waals surface area contributed by atoms with Gasteiger partial charge in [0.15, 0.2) is 5.65 Å². The van der Waals surface area contributed by atoms with Gasteiger partial charge in [-0.1, -0.05) is 18.2 Å². The molecule has 2 aliphatic heterocycles. The largest absolute Gasteiger partial charge is 0.457 e. The number of fused-ring (bicyclic) bond motifs is 1. The van der Waals surface area contributed by atoms with Crippen molar-refractivity contribution in [3.63, 3.8) is 0 Å². The molecule has 1 atom stereocenters. The number of ether oxygens (including phenoxy) is 1. The van der Waals surface area contributed by atoms with Crippen LogP contribution in [0.5, 0.6) is 11.5 Å². The molecule has 0 aliphatic carbocycles. The minimum absolute atomic E-state index is 0.133. The fourth-order valence-corrected chi connectivity index (χ4v) is 6.34. The molecule has 2 fully saturated rings. The summed E-state index contributed by atoms with van der Waals surface area (Å²) in [5.74, 6) is 0.286. The lowest BCUT2D eigenvalue weighted by Crippen LogP contribution is -2.53. The molecule has 4 heterocycles. The molecule has 12 heteroatoms. The second-order valence-electron chi connectivity index (χ2n) is 12.5. The van der Waals surface area contributed by atoms with Gasteiger partial charge in [-0.25, -0.2) is 19.0 Å². The smallest absolute Gasteiger partial charge is 0.264 e. The molecule has 0 spiro atoms. The van der Waals surface area contributed by atoms with Crippen LogP contribution < -0.4 is 10.5 Å². The lowest BCUT2D eigenvalue weighted by molar-refractivity contribution is -0.127. The number of carbonyl (C=O) groups excluding carboxylic acids is 1. The zero-order chi connectivity index (χ0) is 32.4. The van der Waals surface area contributed by atoms with Gasteiger partial charge in [-0.15, -0.1) is 0 Å². The number of carbonyl (C=O) groups is 1. The summed E-state index contributed by atoms with van der Waals surface area (Å²) in [5.41, 5.74) is 6.95. The highest BCUT2D eigenvalue weighted by atomic mass is 19.1. The first-order valence-corrected chi connectivity index (χ1v) is 15.5. The number of halogens is 1. The fraction of sp³-hybridized carbons (Fsp3) is 0.382. The third-order valence-electron chi connectivity index (χ3n) is 8.92. The quantitative estimate of drug-likeness (QED) is 0.223. The zero-order valence-corrected chi connectivity index (χ0v) is 26.4. The van der Waals surface area contributed by atoms with Crippen LogP contribution >= 0.6 is 0 Å². The van der Waals surface area contributed by atoms with Crippen molar-refractivity contribution in [1.29, 1.82) is 5.26 Å². The van der Waals surface area contributed by atoms with Gasteiger partial charge in [0, 0.05) is 49.9 Å². The Hall–Kier alpha value is -4.86. The van der Waals surface area contributed by atoms with Gasteiger partial charge in [0.05, 0.1) is 18.0 Å². The molecule has 0 unspecified atom stereocenters. The summed E-state index contributed by atoms with van der Waals surface area (Å²) in [5, 5.41) is 15.3. The number of nitrogen functional groups attached to an aromatic ring is 1. The molecule has 0 saturated carbocycles. The number of rotatable bonds is 8. The minimum Gasteiger partial charge on any atom is -0.457 e. The summed E-state index contributed by atoms with van der Waals surface area (Å²) in [6, 6.07) is 15.7. The van der Waals surface area contributed by atoms with Crippen molar-refractivity contribution >= 4 is 22.8 Å². The molecule has 1 amide bonds. The highest BCUT2D eigenvalue weighted by molar-refractivity contribution is 5.99. The van der Waals surface area contributed by atoms with E-state index in [2.05, 4.69) is 32.9 Å². The molecule has 238 valence electrons. The van der Waals surface area contributed by atoms with E-state index in [1.165, 1.54) is 12.4 Å². The Balaban J connectivity index is 1.26. The van der Waals surface area contributed by atoms with Gasteiger partial charge < -0.3 is 20.3 Å². The first-order chi connectivity index (χ1) is 22.1. The predicted molar refractivity (Wildman–Crippen MR) is 173 cm³/mol. The predicted octanol–water partition coefficient (Wildman–Crippen LogP) is 4.47. The molecule has 2 aromatic heterocycles. The summed E-state index contributed by atoms with van der Waals surface area (Å²) >= 11 is 0. The van der Waals surface area contributed by atoms with Crippen LogP contribution in [0.25, 0.3) is 22.3 Å². The number of hydrogen-bond donors (Lipinski definition) is 1. The Morgan fingerprint density at radius 2 is 1.87 bits per heavy atom. The number of nitrogens with two attached hydrogens (primary N) is 1. The summed E-state index contributed by atoms with van der Waals surface area (Å²) in [7, 11) is 2.10. The van der Waals surface area contributed by atoms with Crippen molar-refractivity contribution in [3.05, 3.63) is 72.3 Å². The maximum atomic E-state index is 15.6. The van der Waals surface area contributed by atoms with Gasteiger partial charge in [-0.05, 0) is 64.1 Å². The third-order valence-corrected chi connectivity index (χ3v) is 8.92. The van der Waals surface area contributed by atoms with Crippen molar-refractivity contribution in [2.75, 3.05) is 45.5 Å². The van der Waals surface area contributed by atoms with Gasteiger partial charge in [0.25, 0.3) is 5.91 Å². The Kier molecular flexibility index (Phi) is 8.71. The highest BCUT2D eigenvalue weighted by Crippen LogP contribution is 2.35. The average Bonchev–Trinajstić information content (AvgIpc) is 3.66. The van der Waals surface area contributed by atoms with Crippen molar-refractivity contribution in [1.82, 2.24) is 34.4 Å². The van der Waals surface area contributed by atoms with Gasteiger partial charge in [-0.2, -0.15) is 10.4 Å². The molecule has 2 N–H and O–H groups in total. The number of anilines is 1. The van der Waals surface area contributed by atoms with E-state index in [9.17, 15) is 10.1 Å². The Labute approximate surface area is 267 Å². The molecule has 4 aromatic rings. The van der Waals surface area contributed by atoms with Crippen molar-refractivity contribution < 1.29 is 13.9 Å². The molecule has 0 bridgehead atoms. The van der Waals surface area contributed by atoms with E-state index in [-0.39, 0.29) is 28.9 Å². The summed E-state index contributed by atoms with van der Waals surface area (Å²) < 4.78 is 23.1. The first kappa shape index (κ1) is 31.1. The van der Waals surface area contributed by atoms with Gasteiger partial charge in [0.1, 0.15) is 46.8 Å². The molecule has 11 nitrogen and oxygen atoms in total. The summed E-state index contributed by atoms with van der Waals surface area (Å²) in [4.78, 5) is 28.7. The standard InChI is InChI=1S/C34H38FN9O2/c1-34(2,42-16-14-41(3)15-17-42)19-23(20-36)33(45)43-13-7-8-24(43)21-44-32-29(31(37)38-22-39-32)30(40-44)27-12-11-26(18-28(27)35)46-25-9-5-4-6-10-25/h4-6,9-12,18-19,22,24H,7-8,13-17,21H2,1-3H3,(H2,37,38,39)/t24-/m1/s1. The molecule has 6 rings (SSSR count). The van der Waals surface area contributed by atoms with Crippen LogP contribution in [0, 0.1) is 17.1 Å². The summed E-state index contributed by atoms with van der Waals surface area (Å²) in [6.45, 7) is 8.52. The topological polar surface area (TPSA) is 129 Å². The number of piperazine rings is 1. The van der Waals surface area contributed by atoms with E-state index in [0.29, 0.717) is 41.3 Å². The van der Waals surface area contributed by atoms with Crippen LogP contribution in [-0.4, -0.2) is 91.7 Å². The molecule has 0 radical (unpaired) electrons. The number of likely N-dealkylation sites (N-methyl/N-ethyl adjacent to an activating group) is 1. The Bertz CT molecular complexity index is 1810. The van der Waals surface area contributed by atoms with Crippen LogP contribution in [0.1, 0.15) is 26.7 Å². The number of hydrogen-bond acceptors (Lipinski definition) is 9. The number of nitrogens with zero attached hydrogens (tertiary/aromatic N) is 8. The van der Waals surface area contributed by atoms with Gasteiger partial charge in [0.2, 0.25) is 0 Å². The highest BCUT2D eigenvalue weighted by Gasteiger charge is 2.35. The van der Waals surface area contributed by atoms with E-state index in [0.717, 1.165) is 39.0 Å². The van der Waals surface area contributed by atoms with Gasteiger partial charge in [-0.3, -0.25) is 9.69 Å². The van der Waals surface area contributed by atoms with E-state index < -0.39 is 11.4 Å². The minimum atomic E-state index is -0.535. The monoisotopic (exact) mass is 623 g/mol. The van der Waals surface area contributed by atoms with Crippen LogP contribution in [0.4, 0.5) is 10.2 Å². The van der Waals surface area contributed by atoms with E-state index in [1.54, 1.807) is 39.9 Å².